The van der Waals surface area contributed by atoms with Gasteiger partial charge in [0.05, 0.1) is 15.1 Å². The summed E-state index contributed by atoms with van der Waals surface area (Å²) in [5, 5.41) is 5.52. The smallest absolute Gasteiger partial charge is 0.407 e. The Kier molecular flexibility index (Phi) is 9.90. The van der Waals surface area contributed by atoms with Gasteiger partial charge in [-0.1, -0.05) is 29.8 Å². The number of halogens is 1. The number of benzene rings is 2. The van der Waals surface area contributed by atoms with Gasteiger partial charge in [0.2, 0.25) is 0 Å². The molecule has 8 nitrogen and oxygen atoms in total. The average molecular weight is 592 g/mol. The molecule has 4 rings (SSSR count). The number of aryl methyl sites for hydroxylation is 1. The Bertz CT molecular complexity index is 1580. The van der Waals surface area contributed by atoms with E-state index in [9.17, 15) is 18.8 Å². The second kappa shape index (κ2) is 13.6. The SMILES string of the molecule is Cc1ccc(F)c(CC(=O)Cc2ccc(Oc3ccnc4cc(C(=O)NCCCNC(=O)OC(C)(C)C)sc34)cc2)c1. The Morgan fingerprint density at radius 3 is 2.43 bits per heavy atom. The van der Waals surface area contributed by atoms with Crippen LogP contribution in [-0.4, -0.2) is 41.5 Å². The van der Waals surface area contributed by atoms with E-state index in [4.69, 9.17) is 9.47 Å². The number of nitrogens with one attached hydrogen (secondary N) is 2. The highest BCUT2D eigenvalue weighted by atomic mass is 32.1. The first-order valence-electron chi connectivity index (χ1n) is 13.6. The van der Waals surface area contributed by atoms with Gasteiger partial charge < -0.3 is 20.1 Å². The number of carbonyl (C=O) groups excluding carboxylic acids is 3. The molecule has 0 saturated heterocycles. The van der Waals surface area contributed by atoms with Gasteiger partial charge >= 0.3 is 6.09 Å². The predicted molar refractivity (Wildman–Crippen MR) is 161 cm³/mol. The Morgan fingerprint density at radius 2 is 1.69 bits per heavy atom. The first-order chi connectivity index (χ1) is 20.0. The fraction of sp³-hybridized carbons (Fsp3) is 0.312. The molecule has 2 amide bonds. The number of pyridine rings is 1. The maximum Gasteiger partial charge on any atom is 0.407 e. The lowest BCUT2D eigenvalue weighted by Gasteiger charge is -2.19. The minimum Gasteiger partial charge on any atom is -0.456 e. The Balaban J connectivity index is 1.30. The quantitative estimate of drug-likeness (QED) is 0.192. The van der Waals surface area contributed by atoms with Crippen molar-refractivity contribution in [3.8, 4) is 11.5 Å². The van der Waals surface area contributed by atoms with Crippen LogP contribution in [0.3, 0.4) is 0 Å². The van der Waals surface area contributed by atoms with E-state index < -0.39 is 11.7 Å². The van der Waals surface area contributed by atoms with Crippen LogP contribution < -0.4 is 15.4 Å². The number of rotatable bonds is 11. The molecule has 0 atom stereocenters. The van der Waals surface area contributed by atoms with E-state index in [0.717, 1.165) is 15.8 Å². The number of fused-ring (bicyclic) bond motifs is 1. The van der Waals surface area contributed by atoms with E-state index in [1.165, 1.54) is 17.4 Å². The Labute approximate surface area is 248 Å². The molecular weight excluding hydrogens is 557 g/mol. The predicted octanol–water partition coefficient (Wildman–Crippen LogP) is 6.54. The van der Waals surface area contributed by atoms with Crippen LogP contribution in [0, 0.1) is 12.7 Å². The van der Waals surface area contributed by atoms with Crippen molar-refractivity contribution in [3.05, 3.63) is 88.2 Å². The number of hydrogen-bond donors (Lipinski definition) is 2. The average Bonchev–Trinajstić information content (AvgIpc) is 3.36. The summed E-state index contributed by atoms with van der Waals surface area (Å²) in [6.07, 6.45) is 1.90. The van der Waals surface area contributed by atoms with Crippen molar-refractivity contribution >= 4 is 39.3 Å². The van der Waals surface area contributed by atoms with Gasteiger partial charge in [-0.05, 0) is 69.5 Å². The highest BCUT2D eigenvalue weighted by Gasteiger charge is 2.17. The molecule has 0 fully saturated rings. The lowest BCUT2D eigenvalue weighted by Crippen LogP contribution is -2.34. The zero-order valence-electron chi connectivity index (χ0n) is 24.1. The van der Waals surface area contributed by atoms with Crippen LogP contribution in [0.2, 0.25) is 0 Å². The molecule has 10 heteroatoms. The molecule has 4 aromatic rings. The van der Waals surface area contributed by atoms with Gasteiger partial charge in [0.15, 0.2) is 0 Å². The third-order valence-corrected chi connectivity index (χ3v) is 7.19. The minimum absolute atomic E-state index is 0.0397. The summed E-state index contributed by atoms with van der Waals surface area (Å²) in [4.78, 5) is 41.8. The number of hydrogen-bond acceptors (Lipinski definition) is 7. The summed E-state index contributed by atoms with van der Waals surface area (Å²) < 4.78 is 26.0. The highest BCUT2D eigenvalue weighted by molar-refractivity contribution is 7.21. The van der Waals surface area contributed by atoms with Crippen LogP contribution >= 0.6 is 11.3 Å². The summed E-state index contributed by atoms with van der Waals surface area (Å²) in [6.45, 7) is 8.01. The van der Waals surface area contributed by atoms with Gasteiger partial charge in [-0.15, -0.1) is 11.3 Å². The maximum atomic E-state index is 14.0. The van der Waals surface area contributed by atoms with Crippen molar-refractivity contribution in [1.29, 1.82) is 0 Å². The van der Waals surface area contributed by atoms with Gasteiger partial charge in [0.1, 0.15) is 28.7 Å². The summed E-state index contributed by atoms with van der Waals surface area (Å²) in [6, 6.07) is 15.4. The van der Waals surface area contributed by atoms with E-state index in [2.05, 4.69) is 15.6 Å². The van der Waals surface area contributed by atoms with E-state index >= 15 is 0 Å². The molecule has 0 saturated carbocycles. The van der Waals surface area contributed by atoms with Gasteiger partial charge in [0, 0.05) is 38.2 Å². The lowest BCUT2D eigenvalue weighted by molar-refractivity contribution is -0.117. The molecule has 2 aromatic heterocycles. The maximum absolute atomic E-state index is 14.0. The standard InChI is InChI=1S/C32H34FN3O5S/c1-20-6-11-25(33)22(16-20)18-23(37)17-21-7-9-24(10-8-21)40-27-12-15-34-26-19-28(42-29(26)27)30(38)35-13-5-14-36-31(39)41-32(2,3)4/h6-12,15-16,19H,5,13-14,17-18H2,1-4H3,(H,35,38)(H,36,39). The van der Waals surface area contributed by atoms with Crippen molar-refractivity contribution in [2.24, 2.45) is 0 Å². The van der Waals surface area contributed by atoms with Crippen LogP contribution in [0.25, 0.3) is 10.2 Å². The van der Waals surface area contributed by atoms with Crippen LogP contribution in [0.15, 0.2) is 60.8 Å². The number of amides is 2. The summed E-state index contributed by atoms with van der Waals surface area (Å²) in [5.41, 5.74) is 2.19. The number of carbonyl (C=O) groups is 3. The third-order valence-electron chi connectivity index (χ3n) is 6.05. The molecule has 0 aliphatic rings. The molecule has 0 radical (unpaired) electrons. The number of alkyl carbamates (subject to hydrolysis) is 1. The molecule has 0 aliphatic heterocycles. The van der Waals surface area contributed by atoms with E-state index in [1.807, 2.05) is 19.1 Å². The number of Topliss-reactive ketones (excluding diaryl/α,β-unsaturated/α-hetero) is 1. The van der Waals surface area contributed by atoms with Gasteiger partial charge in [-0.3, -0.25) is 14.6 Å². The highest BCUT2D eigenvalue weighted by Crippen LogP contribution is 2.35. The third kappa shape index (κ3) is 8.84. The molecule has 0 spiro atoms. The molecular formula is C32H34FN3O5S. The van der Waals surface area contributed by atoms with Crippen LogP contribution in [0.1, 0.15) is 53.6 Å². The van der Waals surface area contributed by atoms with Gasteiger partial charge in [0.25, 0.3) is 5.91 Å². The van der Waals surface area contributed by atoms with Crippen LogP contribution in [0.5, 0.6) is 11.5 Å². The normalized spacial score (nSPS) is 11.3. The first-order valence-corrected chi connectivity index (χ1v) is 14.5. The van der Waals surface area contributed by atoms with Crippen molar-refractivity contribution < 1.29 is 28.2 Å². The molecule has 42 heavy (non-hydrogen) atoms. The zero-order valence-corrected chi connectivity index (χ0v) is 24.9. The number of thiophene rings is 1. The van der Waals surface area contributed by atoms with Gasteiger partial charge in [-0.2, -0.15) is 0 Å². The van der Waals surface area contributed by atoms with E-state index in [-0.39, 0.29) is 30.3 Å². The van der Waals surface area contributed by atoms with Crippen LogP contribution in [0.4, 0.5) is 9.18 Å². The molecule has 0 aliphatic carbocycles. The van der Waals surface area contributed by atoms with Crippen molar-refractivity contribution in [2.75, 3.05) is 13.1 Å². The van der Waals surface area contributed by atoms with Gasteiger partial charge in [-0.25, -0.2) is 9.18 Å². The number of ether oxygens (including phenoxy) is 2. The fourth-order valence-electron chi connectivity index (χ4n) is 4.13. The number of aromatic nitrogens is 1. The first kappa shape index (κ1) is 30.6. The Hall–Kier alpha value is -4.31. The van der Waals surface area contributed by atoms with E-state index in [1.54, 1.807) is 63.4 Å². The van der Waals surface area contributed by atoms with Crippen molar-refractivity contribution in [1.82, 2.24) is 15.6 Å². The second-order valence-corrected chi connectivity index (χ2v) is 12.0. The minimum atomic E-state index is -0.565. The molecule has 0 unspecified atom stereocenters. The fourth-order valence-corrected chi connectivity index (χ4v) is 5.11. The molecule has 2 aromatic carbocycles. The van der Waals surface area contributed by atoms with Crippen LogP contribution in [-0.2, 0) is 22.4 Å². The van der Waals surface area contributed by atoms with E-state index in [0.29, 0.717) is 47.0 Å². The van der Waals surface area contributed by atoms with Crippen molar-refractivity contribution in [2.45, 2.75) is 52.6 Å². The molecule has 2 heterocycles. The monoisotopic (exact) mass is 591 g/mol. The largest absolute Gasteiger partial charge is 0.456 e. The Morgan fingerprint density at radius 1 is 0.952 bits per heavy atom. The molecule has 220 valence electrons. The summed E-state index contributed by atoms with van der Waals surface area (Å²) in [7, 11) is 0. The lowest BCUT2D eigenvalue weighted by atomic mass is 10.0. The molecule has 0 bridgehead atoms. The topological polar surface area (TPSA) is 107 Å². The number of nitrogens with zero attached hydrogens (tertiary/aromatic N) is 1. The summed E-state index contributed by atoms with van der Waals surface area (Å²) >= 11 is 1.28. The molecule has 2 N–H and O–H groups in total. The van der Waals surface area contributed by atoms with Crippen molar-refractivity contribution in [3.63, 3.8) is 0 Å². The number of ketones is 1. The zero-order chi connectivity index (χ0) is 30.3. The second-order valence-electron chi connectivity index (χ2n) is 10.9. The summed E-state index contributed by atoms with van der Waals surface area (Å²) in [5.74, 6) is 0.446.